The summed E-state index contributed by atoms with van der Waals surface area (Å²) in [5.74, 6) is 0.268. The fourth-order valence-electron chi connectivity index (χ4n) is 2.55. The van der Waals surface area contributed by atoms with Gasteiger partial charge in [0, 0.05) is 32.1 Å². The van der Waals surface area contributed by atoms with E-state index in [1.54, 1.807) is 6.20 Å². The number of rotatable bonds is 1. The van der Waals surface area contributed by atoms with Crippen LogP contribution in [-0.2, 0) is 9.47 Å². The highest BCUT2D eigenvalue weighted by atomic mass is 16.7. The minimum absolute atomic E-state index is 0.326. The van der Waals surface area contributed by atoms with Crippen molar-refractivity contribution in [3.63, 3.8) is 0 Å². The van der Waals surface area contributed by atoms with Crippen molar-refractivity contribution in [2.75, 3.05) is 36.9 Å². The molecular formula is C12H17N3O2. The minimum Gasteiger partial charge on any atom is -0.382 e. The van der Waals surface area contributed by atoms with Crippen LogP contribution in [0.15, 0.2) is 18.3 Å². The number of hydrogen-bond acceptors (Lipinski definition) is 5. The zero-order valence-electron chi connectivity index (χ0n) is 9.76. The Balaban J connectivity index is 1.71. The predicted octanol–water partition coefficient (Wildman–Crippen LogP) is 1.01. The second kappa shape index (κ2) is 4.16. The SMILES string of the molecule is Nc1ncccc1N1CCC2(CC1)OCCO2. The first-order valence-corrected chi connectivity index (χ1v) is 6.02. The number of piperidine rings is 1. The van der Waals surface area contributed by atoms with Gasteiger partial charge >= 0.3 is 0 Å². The Labute approximate surface area is 101 Å². The van der Waals surface area contributed by atoms with E-state index in [4.69, 9.17) is 15.2 Å². The van der Waals surface area contributed by atoms with Crippen molar-refractivity contribution in [2.24, 2.45) is 0 Å². The van der Waals surface area contributed by atoms with Crippen LogP contribution in [0.4, 0.5) is 11.5 Å². The van der Waals surface area contributed by atoms with Crippen molar-refractivity contribution in [1.82, 2.24) is 4.98 Å². The highest BCUT2D eigenvalue weighted by Crippen LogP contribution is 2.34. The van der Waals surface area contributed by atoms with Crippen molar-refractivity contribution >= 4 is 11.5 Å². The Hall–Kier alpha value is -1.33. The topological polar surface area (TPSA) is 60.6 Å². The van der Waals surface area contributed by atoms with Crippen LogP contribution < -0.4 is 10.6 Å². The summed E-state index contributed by atoms with van der Waals surface area (Å²) in [5.41, 5.74) is 6.90. The van der Waals surface area contributed by atoms with Crippen molar-refractivity contribution in [2.45, 2.75) is 18.6 Å². The van der Waals surface area contributed by atoms with Crippen LogP contribution in [0.1, 0.15) is 12.8 Å². The molecule has 5 heteroatoms. The summed E-state index contributed by atoms with van der Waals surface area (Å²) in [6.45, 7) is 3.23. The lowest BCUT2D eigenvalue weighted by atomic mass is 10.0. The molecule has 3 rings (SSSR count). The van der Waals surface area contributed by atoms with E-state index >= 15 is 0 Å². The summed E-state index contributed by atoms with van der Waals surface area (Å²) < 4.78 is 11.4. The maximum absolute atomic E-state index is 5.88. The Morgan fingerprint density at radius 1 is 1.24 bits per heavy atom. The number of anilines is 2. The Kier molecular flexibility index (Phi) is 2.64. The molecule has 1 spiro atoms. The average Bonchev–Trinajstić information content (AvgIpc) is 2.80. The molecule has 2 aliphatic rings. The fourth-order valence-corrected chi connectivity index (χ4v) is 2.55. The minimum atomic E-state index is -0.326. The highest BCUT2D eigenvalue weighted by Gasteiger charge is 2.40. The maximum Gasteiger partial charge on any atom is 0.171 e. The van der Waals surface area contributed by atoms with Crippen molar-refractivity contribution < 1.29 is 9.47 Å². The van der Waals surface area contributed by atoms with Crippen LogP contribution >= 0.6 is 0 Å². The van der Waals surface area contributed by atoms with Crippen molar-refractivity contribution in [1.29, 1.82) is 0 Å². The molecule has 0 atom stereocenters. The molecule has 2 N–H and O–H groups in total. The molecule has 3 heterocycles. The van der Waals surface area contributed by atoms with Gasteiger partial charge in [0.05, 0.1) is 18.9 Å². The number of nitrogen functional groups attached to an aromatic ring is 1. The van der Waals surface area contributed by atoms with Crippen molar-refractivity contribution in [3.8, 4) is 0 Å². The van der Waals surface area contributed by atoms with Gasteiger partial charge in [-0.3, -0.25) is 0 Å². The van der Waals surface area contributed by atoms with Gasteiger partial charge in [-0.25, -0.2) is 4.98 Å². The molecule has 0 saturated carbocycles. The Morgan fingerprint density at radius 3 is 2.59 bits per heavy atom. The van der Waals surface area contributed by atoms with E-state index in [-0.39, 0.29) is 5.79 Å². The molecule has 1 aromatic rings. The lowest BCUT2D eigenvalue weighted by molar-refractivity contribution is -0.169. The number of ether oxygens (including phenoxy) is 2. The normalized spacial score (nSPS) is 23.2. The van der Waals surface area contributed by atoms with Crippen LogP contribution in [0.25, 0.3) is 0 Å². The second-order valence-electron chi connectivity index (χ2n) is 4.50. The lowest BCUT2D eigenvalue weighted by Crippen LogP contribution is -2.45. The third-order valence-electron chi connectivity index (χ3n) is 3.50. The second-order valence-corrected chi connectivity index (χ2v) is 4.50. The summed E-state index contributed by atoms with van der Waals surface area (Å²) in [5, 5.41) is 0. The first-order valence-electron chi connectivity index (χ1n) is 6.02. The lowest BCUT2D eigenvalue weighted by Gasteiger charge is -2.38. The molecule has 0 radical (unpaired) electrons. The van der Waals surface area contributed by atoms with E-state index in [0.29, 0.717) is 5.82 Å². The smallest absolute Gasteiger partial charge is 0.171 e. The van der Waals surface area contributed by atoms with E-state index in [9.17, 15) is 0 Å². The van der Waals surface area contributed by atoms with E-state index in [1.165, 1.54) is 0 Å². The molecular weight excluding hydrogens is 218 g/mol. The molecule has 0 aromatic carbocycles. The standard InChI is InChI=1S/C12H17N3O2/c13-11-10(2-1-5-14-11)15-6-3-12(4-7-15)16-8-9-17-12/h1-2,5H,3-4,6-9H2,(H2,13,14). The van der Waals surface area contributed by atoms with Crippen LogP contribution in [-0.4, -0.2) is 37.1 Å². The van der Waals surface area contributed by atoms with Gasteiger partial charge in [-0.1, -0.05) is 0 Å². The average molecular weight is 235 g/mol. The molecule has 0 bridgehead atoms. The predicted molar refractivity (Wildman–Crippen MR) is 64.7 cm³/mol. The molecule has 17 heavy (non-hydrogen) atoms. The molecule has 0 unspecified atom stereocenters. The van der Waals surface area contributed by atoms with Gasteiger partial charge in [-0.15, -0.1) is 0 Å². The van der Waals surface area contributed by atoms with Crippen molar-refractivity contribution in [3.05, 3.63) is 18.3 Å². The summed E-state index contributed by atoms with van der Waals surface area (Å²) in [6.07, 6.45) is 3.50. The summed E-state index contributed by atoms with van der Waals surface area (Å²) in [4.78, 5) is 6.37. The highest BCUT2D eigenvalue weighted by molar-refractivity contribution is 5.63. The molecule has 2 saturated heterocycles. The van der Waals surface area contributed by atoms with Gasteiger partial charge in [0.25, 0.3) is 0 Å². The molecule has 5 nitrogen and oxygen atoms in total. The van der Waals surface area contributed by atoms with Crippen LogP contribution in [0.2, 0.25) is 0 Å². The van der Waals surface area contributed by atoms with Gasteiger partial charge in [-0.2, -0.15) is 0 Å². The monoisotopic (exact) mass is 235 g/mol. The van der Waals surface area contributed by atoms with Crippen LogP contribution in [0.5, 0.6) is 0 Å². The van der Waals surface area contributed by atoms with E-state index in [1.807, 2.05) is 12.1 Å². The number of hydrogen-bond donors (Lipinski definition) is 1. The maximum atomic E-state index is 5.88. The number of pyridine rings is 1. The molecule has 0 aliphatic carbocycles. The summed E-state index contributed by atoms with van der Waals surface area (Å²) in [7, 11) is 0. The first kappa shape index (κ1) is 10.8. The van der Waals surface area contributed by atoms with Gasteiger partial charge in [0.15, 0.2) is 5.79 Å². The Bertz CT molecular complexity index is 394. The first-order chi connectivity index (χ1) is 8.29. The fraction of sp³-hybridized carbons (Fsp3) is 0.583. The van der Waals surface area contributed by atoms with E-state index < -0.39 is 0 Å². The third kappa shape index (κ3) is 1.96. The van der Waals surface area contributed by atoms with Gasteiger partial charge in [-0.05, 0) is 12.1 Å². The molecule has 2 aliphatic heterocycles. The zero-order chi connectivity index (χ0) is 11.7. The van der Waals surface area contributed by atoms with Crippen LogP contribution in [0.3, 0.4) is 0 Å². The van der Waals surface area contributed by atoms with E-state index in [2.05, 4.69) is 9.88 Å². The van der Waals surface area contributed by atoms with Gasteiger partial charge in [0.2, 0.25) is 0 Å². The summed E-state index contributed by atoms with van der Waals surface area (Å²) in [6, 6.07) is 3.93. The van der Waals surface area contributed by atoms with Gasteiger partial charge < -0.3 is 20.1 Å². The Morgan fingerprint density at radius 2 is 1.94 bits per heavy atom. The quantitative estimate of drug-likeness (QED) is 0.787. The van der Waals surface area contributed by atoms with Crippen LogP contribution in [0, 0.1) is 0 Å². The largest absolute Gasteiger partial charge is 0.382 e. The molecule has 92 valence electrons. The summed E-state index contributed by atoms with van der Waals surface area (Å²) >= 11 is 0. The van der Waals surface area contributed by atoms with Gasteiger partial charge in [0.1, 0.15) is 5.82 Å². The molecule has 2 fully saturated rings. The third-order valence-corrected chi connectivity index (χ3v) is 3.50. The van der Waals surface area contributed by atoms with E-state index in [0.717, 1.165) is 44.8 Å². The number of aromatic nitrogens is 1. The molecule has 1 aromatic heterocycles. The number of nitrogens with two attached hydrogens (primary N) is 1. The number of nitrogens with zero attached hydrogens (tertiary/aromatic N) is 2. The molecule has 0 amide bonds. The zero-order valence-corrected chi connectivity index (χ0v) is 9.76.